The minimum absolute atomic E-state index is 0.0326. The van der Waals surface area contributed by atoms with Gasteiger partial charge in [-0.1, -0.05) is 6.92 Å². The number of hydrogen-bond acceptors (Lipinski definition) is 3. The lowest BCUT2D eigenvalue weighted by atomic mass is 9.80. The van der Waals surface area contributed by atoms with E-state index < -0.39 is 0 Å². The first-order valence-electron chi connectivity index (χ1n) is 7.52. The Morgan fingerprint density at radius 1 is 1.47 bits per heavy atom. The Kier molecular flexibility index (Phi) is 5.05. The Bertz CT molecular complexity index is 309. The summed E-state index contributed by atoms with van der Waals surface area (Å²) in [5, 5.41) is 3.26. The number of guanidine groups is 1. The third kappa shape index (κ3) is 3.60. The topological polar surface area (TPSA) is 62.9 Å². The third-order valence-corrected chi connectivity index (χ3v) is 4.66. The molecule has 2 fully saturated rings. The number of nitrogens with one attached hydrogen (secondary N) is 1. The first-order chi connectivity index (χ1) is 9.19. The van der Waals surface area contributed by atoms with E-state index >= 15 is 0 Å². The van der Waals surface area contributed by atoms with Gasteiger partial charge < -0.3 is 15.8 Å². The first-order valence-corrected chi connectivity index (χ1v) is 7.52. The molecule has 0 aromatic heterocycles. The van der Waals surface area contributed by atoms with Crippen molar-refractivity contribution in [2.45, 2.75) is 50.7 Å². The molecule has 1 atom stereocenters. The van der Waals surface area contributed by atoms with E-state index in [9.17, 15) is 0 Å². The summed E-state index contributed by atoms with van der Waals surface area (Å²) < 4.78 is 5.54. The fourth-order valence-corrected chi connectivity index (χ4v) is 3.05. The van der Waals surface area contributed by atoms with Crippen LogP contribution in [-0.4, -0.2) is 55.8 Å². The van der Waals surface area contributed by atoms with Crippen molar-refractivity contribution in [3.05, 3.63) is 0 Å². The summed E-state index contributed by atoms with van der Waals surface area (Å²) in [5.74, 6) is 0.561. The summed E-state index contributed by atoms with van der Waals surface area (Å²) in [6, 6.07) is 0.610. The molecule has 2 aliphatic rings. The van der Waals surface area contributed by atoms with Gasteiger partial charge in [0.25, 0.3) is 0 Å². The van der Waals surface area contributed by atoms with Crippen molar-refractivity contribution in [2.75, 3.05) is 33.3 Å². The number of nitrogens with two attached hydrogens (primary N) is 1. The summed E-state index contributed by atoms with van der Waals surface area (Å²) in [6.45, 7) is 6.14. The zero-order chi connectivity index (χ0) is 13.7. The highest BCUT2D eigenvalue weighted by Gasteiger charge is 2.36. The molecule has 1 saturated carbocycles. The van der Waals surface area contributed by atoms with E-state index in [1.807, 2.05) is 0 Å². The summed E-state index contributed by atoms with van der Waals surface area (Å²) in [7, 11) is 1.77. The van der Waals surface area contributed by atoms with Crippen molar-refractivity contribution in [1.82, 2.24) is 10.2 Å². The number of hydrogen-bond donors (Lipinski definition) is 2. The summed E-state index contributed by atoms with van der Waals surface area (Å²) in [5.41, 5.74) is 5.91. The van der Waals surface area contributed by atoms with Gasteiger partial charge in [0.2, 0.25) is 0 Å². The molecule has 2 rings (SSSR count). The van der Waals surface area contributed by atoms with Crippen LogP contribution in [0.1, 0.15) is 39.0 Å². The van der Waals surface area contributed by atoms with Crippen LogP contribution in [-0.2, 0) is 4.74 Å². The summed E-state index contributed by atoms with van der Waals surface area (Å²) >= 11 is 0. The normalized spacial score (nSPS) is 27.3. The van der Waals surface area contributed by atoms with Gasteiger partial charge in [-0.15, -0.1) is 0 Å². The number of ether oxygens (including phenoxy) is 1. The van der Waals surface area contributed by atoms with Crippen LogP contribution in [0.2, 0.25) is 0 Å². The number of aliphatic imine (C=N–C) groups is 1. The van der Waals surface area contributed by atoms with E-state index in [1.165, 1.54) is 25.8 Å². The SMILES string of the molecule is CCN1CCCC1CNC(N)=NCC1(OC)CCC1. The van der Waals surface area contributed by atoms with E-state index in [0.717, 1.165) is 25.9 Å². The lowest BCUT2D eigenvalue weighted by Gasteiger charge is -2.39. The highest BCUT2D eigenvalue weighted by molar-refractivity contribution is 5.77. The molecule has 19 heavy (non-hydrogen) atoms. The predicted molar refractivity (Wildman–Crippen MR) is 78.4 cm³/mol. The summed E-state index contributed by atoms with van der Waals surface area (Å²) in [6.07, 6.45) is 6.00. The minimum Gasteiger partial charge on any atom is -0.376 e. The van der Waals surface area contributed by atoms with Crippen molar-refractivity contribution in [1.29, 1.82) is 0 Å². The van der Waals surface area contributed by atoms with Crippen LogP contribution in [0.15, 0.2) is 4.99 Å². The monoisotopic (exact) mass is 268 g/mol. The number of likely N-dealkylation sites (N-methyl/N-ethyl adjacent to an activating group) is 1. The van der Waals surface area contributed by atoms with Gasteiger partial charge in [-0.2, -0.15) is 0 Å². The van der Waals surface area contributed by atoms with Crippen molar-refractivity contribution >= 4 is 5.96 Å². The number of rotatable bonds is 6. The molecule has 0 radical (unpaired) electrons. The van der Waals surface area contributed by atoms with Crippen molar-refractivity contribution in [3.8, 4) is 0 Å². The molecule has 0 aromatic carbocycles. The fraction of sp³-hybridized carbons (Fsp3) is 0.929. The molecule has 1 saturated heterocycles. The second kappa shape index (κ2) is 6.57. The van der Waals surface area contributed by atoms with Gasteiger partial charge in [0.1, 0.15) is 0 Å². The molecule has 110 valence electrons. The maximum atomic E-state index is 5.94. The highest BCUT2D eigenvalue weighted by atomic mass is 16.5. The minimum atomic E-state index is -0.0326. The molecule has 5 heteroatoms. The molecule has 5 nitrogen and oxygen atoms in total. The van der Waals surface area contributed by atoms with Gasteiger partial charge in [0.15, 0.2) is 5.96 Å². The molecule has 1 aliphatic heterocycles. The molecule has 3 N–H and O–H groups in total. The summed E-state index contributed by atoms with van der Waals surface area (Å²) in [4.78, 5) is 6.94. The lowest BCUT2D eigenvalue weighted by molar-refractivity contribution is -0.0630. The van der Waals surface area contributed by atoms with Crippen molar-refractivity contribution in [3.63, 3.8) is 0 Å². The molecule has 1 aliphatic carbocycles. The molecule has 1 heterocycles. The van der Waals surface area contributed by atoms with Gasteiger partial charge in [0.05, 0.1) is 12.1 Å². The van der Waals surface area contributed by atoms with Gasteiger partial charge in [0, 0.05) is 19.7 Å². The Morgan fingerprint density at radius 2 is 2.26 bits per heavy atom. The maximum absolute atomic E-state index is 5.94. The maximum Gasteiger partial charge on any atom is 0.188 e. The quantitative estimate of drug-likeness (QED) is 0.556. The average Bonchev–Trinajstić information content (AvgIpc) is 2.83. The second-order valence-electron chi connectivity index (χ2n) is 5.75. The number of likely N-dealkylation sites (tertiary alicyclic amines) is 1. The Balaban J connectivity index is 1.73. The van der Waals surface area contributed by atoms with E-state index in [-0.39, 0.29) is 5.60 Å². The van der Waals surface area contributed by atoms with Gasteiger partial charge in [-0.05, 0) is 45.2 Å². The van der Waals surface area contributed by atoms with Crippen LogP contribution in [0, 0.1) is 0 Å². The average molecular weight is 268 g/mol. The van der Waals surface area contributed by atoms with Crippen LogP contribution in [0.4, 0.5) is 0 Å². The zero-order valence-electron chi connectivity index (χ0n) is 12.3. The van der Waals surface area contributed by atoms with Crippen molar-refractivity contribution < 1.29 is 4.74 Å². The Morgan fingerprint density at radius 3 is 2.84 bits per heavy atom. The molecular weight excluding hydrogens is 240 g/mol. The fourth-order valence-electron chi connectivity index (χ4n) is 3.05. The Hall–Kier alpha value is -0.810. The number of nitrogens with zero attached hydrogens (tertiary/aromatic N) is 2. The molecule has 0 spiro atoms. The van der Waals surface area contributed by atoms with Gasteiger partial charge in [-0.3, -0.25) is 9.89 Å². The van der Waals surface area contributed by atoms with Gasteiger partial charge >= 0.3 is 0 Å². The zero-order valence-corrected chi connectivity index (χ0v) is 12.3. The van der Waals surface area contributed by atoms with E-state index in [1.54, 1.807) is 7.11 Å². The molecule has 0 bridgehead atoms. The lowest BCUT2D eigenvalue weighted by Crippen LogP contribution is -2.45. The number of methoxy groups -OCH3 is 1. The van der Waals surface area contributed by atoms with Crippen LogP contribution in [0.3, 0.4) is 0 Å². The van der Waals surface area contributed by atoms with Crippen molar-refractivity contribution in [2.24, 2.45) is 10.7 Å². The standard InChI is InChI=1S/C14H28N4O/c1-3-18-9-4-6-12(18)10-16-13(15)17-11-14(19-2)7-5-8-14/h12H,3-11H2,1-2H3,(H3,15,16,17). The van der Waals surface area contributed by atoms with E-state index in [4.69, 9.17) is 10.5 Å². The molecule has 1 unspecified atom stereocenters. The van der Waals surface area contributed by atoms with E-state index in [0.29, 0.717) is 18.5 Å². The molecule has 0 amide bonds. The van der Waals surface area contributed by atoms with Crippen LogP contribution >= 0.6 is 0 Å². The predicted octanol–water partition coefficient (Wildman–Crippen LogP) is 0.944. The van der Waals surface area contributed by atoms with Crippen LogP contribution in [0.5, 0.6) is 0 Å². The molecule has 0 aromatic rings. The smallest absolute Gasteiger partial charge is 0.188 e. The van der Waals surface area contributed by atoms with Crippen LogP contribution in [0.25, 0.3) is 0 Å². The largest absolute Gasteiger partial charge is 0.376 e. The second-order valence-corrected chi connectivity index (χ2v) is 5.75. The first kappa shape index (κ1) is 14.6. The Labute approximate surface area is 116 Å². The van der Waals surface area contributed by atoms with Crippen LogP contribution < -0.4 is 11.1 Å². The highest BCUT2D eigenvalue weighted by Crippen LogP contribution is 2.35. The van der Waals surface area contributed by atoms with E-state index in [2.05, 4.69) is 22.1 Å². The van der Waals surface area contributed by atoms with Gasteiger partial charge in [-0.25, -0.2) is 0 Å². The molecular formula is C14H28N4O. The third-order valence-electron chi connectivity index (χ3n) is 4.66.